The monoisotopic (exact) mass is 238 g/mol. The fraction of sp³-hybridized carbons (Fsp3) is 0.636. The summed E-state index contributed by atoms with van der Waals surface area (Å²) in [5.74, 6) is 3.41. The van der Waals surface area contributed by atoms with Crippen LogP contribution in [0.3, 0.4) is 0 Å². The normalized spacial score (nSPS) is 16.4. The van der Waals surface area contributed by atoms with E-state index in [0.717, 1.165) is 37.7 Å². The first-order chi connectivity index (χ1) is 7.90. The summed E-state index contributed by atoms with van der Waals surface area (Å²) in [7, 11) is 0. The minimum absolute atomic E-state index is 0.805. The van der Waals surface area contributed by atoms with Crippen molar-refractivity contribution in [3.63, 3.8) is 0 Å². The van der Waals surface area contributed by atoms with Gasteiger partial charge in [-0.05, 0) is 6.54 Å². The molecule has 0 aliphatic carbocycles. The van der Waals surface area contributed by atoms with Crippen molar-refractivity contribution in [1.29, 1.82) is 0 Å². The van der Waals surface area contributed by atoms with Gasteiger partial charge in [0.15, 0.2) is 0 Å². The Kier molecular flexibility index (Phi) is 4.42. The predicted octanol–water partition coefficient (Wildman–Crippen LogP) is 1.14. The van der Waals surface area contributed by atoms with E-state index in [1.165, 1.54) is 11.5 Å². The summed E-state index contributed by atoms with van der Waals surface area (Å²) in [4.78, 5) is 11.2. The van der Waals surface area contributed by atoms with Crippen LogP contribution in [-0.2, 0) is 6.54 Å². The first kappa shape index (κ1) is 11.7. The molecule has 1 aliphatic heterocycles. The van der Waals surface area contributed by atoms with E-state index in [1.807, 2.05) is 24.2 Å². The summed E-state index contributed by atoms with van der Waals surface area (Å²) in [6.07, 6.45) is 3.70. The Bertz CT molecular complexity index is 326. The topological polar surface area (TPSA) is 41.1 Å². The molecule has 1 fully saturated rings. The van der Waals surface area contributed by atoms with Gasteiger partial charge in [0.05, 0.1) is 11.9 Å². The van der Waals surface area contributed by atoms with Crippen LogP contribution >= 0.6 is 11.8 Å². The molecule has 0 aromatic carbocycles. The zero-order valence-corrected chi connectivity index (χ0v) is 10.5. The Labute approximate surface area is 101 Å². The highest BCUT2D eigenvalue weighted by molar-refractivity contribution is 7.99. The zero-order chi connectivity index (χ0) is 11.2. The van der Waals surface area contributed by atoms with Crippen LogP contribution in [-0.4, -0.2) is 41.1 Å². The van der Waals surface area contributed by atoms with Gasteiger partial charge in [-0.25, -0.2) is 4.98 Å². The lowest BCUT2D eigenvalue weighted by atomic mass is 10.4. The molecule has 5 heteroatoms. The Morgan fingerprint density at radius 2 is 2.19 bits per heavy atom. The van der Waals surface area contributed by atoms with E-state index in [-0.39, 0.29) is 0 Å². The summed E-state index contributed by atoms with van der Waals surface area (Å²) in [6.45, 7) is 6.04. The zero-order valence-electron chi connectivity index (χ0n) is 9.65. The molecule has 16 heavy (non-hydrogen) atoms. The van der Waals surface area contributed by atoms with Crippen LogP contribution < -0.4 is 10.2 Å². The molecule has 0 amide bonds. The van der Waals surface area contributed by atoms with Crippen molar-refractivity contribution in [2.75, 3.05) is 36.0 Å². The van der Waals surface area contributed by atoms with Gasteiger partial charge in [0.25, 0.3) is 0 Å². The third-order valence-corrected chi connectivity index (χ3v) is 3.51. The molecule has 1 aromatic rings. The standard InChI is InChI=1S/C11H18N4S/c1-2-12-7-10-8-13-9-11(14-10)15-3-5-16-6-4-15/h8-9,12H,2-7H2,1H3. The maximum Gasteiger partial charge on any atom is 0.147 e. The number of rotatable bonds is 4. The number of hydrogen-bond acceptors (Lipinski definition) is 5. The lowest BCUT2D eigenvalue weighted by molar-refractivity contribution is 0.703. The summed E-state index contributed by atoms with van der Waals surface area (Å²) in [5, 5.41) is 3.27. The fourth-order valence-corrected chi connectivity index (χ4v) is 2.58. The van der Waals surface area contributed by atoms with Crippen molar-refractivity contribution in [3.05, 3.63) is 18.1 Å². The minimum atomic E-state index is 0.805. The smallest absolute Gasteiger partial charge is 0.147 e. The SMILES string of the molecule is CCNCc1cncc(N2CCSCC2)n1. The van der Waals surface area contributed by atoms with E-state index < -0.39 is 0 Å². The number of thioether (sulfide) groups is 1. The first-order valence-corrected chi connectivity index (χ1v) is 6.90. The summed E-state index contributed by atoms with van der Waals surface area (Å²) >= 11 is 2.01. The van der Waals surface area contributed by atoms with Crippen LogP contribution in [0, 0.1) is 0 Å². The maximum atomic E-state index is 4.63. The predicted molar refractivity (Wildman–Crippen MR) is 69.0 cm³/mol. The average molecular weight is 238 g/mol. The van der Waals surface area contributed by atoms with Gasteiger partial charge in [0.2, 0.25) is 0 Å². The number of aromatic nitrogens is 2. The van der Waals surface area contributed by atoms with Gasteiger partial charge in [0, 0.05) is 37.3 Å². The van der Waals surface area contributed by atoms with E-state index in [9.17, 15) is 0 Å². The van der Waals surface area contributed by atoms with Gasteiger partial charge >= 0.3 is 0 Å². The second kappa shape index (κ2) is 6.06. The van der Waals surface area contributed by atoms with Crippen molar-refractivity contribution < 1.29 is 0 Å². The number of anilines is 1. The molecule has 1 aromatic heterocycles. The molecule has 0 atom stereocenters. The molecule has 1 aliphatic rings. The van der Waals surface area contributed by atoms with E-state index in [4.69, 9.17) is 0 Å². The van der Waals surface area contributed by atoms with Crippen molar-refractivity contribution >= 4 is 17.6 Å². The molecule has 0 spiro atoms. The lowest BCUT2D eigenvalue weighted by Crippen LogP contribution is -2.33. The Balaban J connectivity index is 2.02. The third-order valence-electron chi connectivity index (χ3n) is 2.56. The maximum absolute atomic E-state index is 4.63. The highest BCUT2D eigenvalue weighted by atomic mass is 32.2. The molecule has 0 unspecified atom stereocenters. The van der Waals surface area contributed by atoms with Gasteiger partial charge in [-0.15, -0.1) is 0 Å². The van der Waals surface area contributed by atoms with Crippen molar-refractivity contribution in [1.82, 2.24) is 15.3 Å². The van der Waals surface area contributed by atoms with E-state index in [1.54, 1.807) is 0 Å². The van der Waals surface area contributed by atoms with Crippen molar-refractivity contribution in [3.8, 4) is 0 Å². The van der Waals surface area contributed by atoms with Crippen LogP contribution in [0.15, 0.2) is 12.4 Å². The molecule has 2 heterocycles. The van der Waals surface area contributed by atoms with Crippen LogP contribution in [0.5, 0.6) is 0 Å². The van der Waals surface area contributed by atoms with Gasteiger partial charge < -0.3 is 10.2 Å². The second-order valence-corrected chi connectivity index (χ2v) is 4.97. The van der Waals surface area contributed by atoms with E-state index in [2.05, 4.69) is 27.1 Å². The fourth-order valence-electron chi connectivity index (χ4n) is 1.68. The number of nitrogens with one attached hydrogen (secondary N) is 1. The molecule has 1 saturated heterocycles. The molecule has 2 rings (SSSR count). The van der Waals surface area contributed by atoms with Gasteiger partial charge in [-0.1, -0.05) is 6.92 Å². The molecule has 88 valence electrons. The second-order valence-electron chi connectivity index (χ2n) is 3.75. The highest BCUT2D eigenvalue weighted by Gasteiger charge is 2.12. The van der Waals surface area contributed by atoms with Crippen LogP contribution in [0.1, 0.15) is 12.6 Å². The largest absolute Gasteiger partial charge is 0.354 e. The summed E-state index contributed by atoms with van der Waals surface area (Å²) in [6, 6.07) is 0. The van der Waals surface area contributed by atoms with Crippen LogP contribution in [0.25, 0.3) is 0 Å². The number of nitrogens with zero attached hydrogens (tertiary/aromatic N) is 3. The quantitative estimate of drug-likeness (QED) is 0.852. The summed E-state index contributed by atoms with van der Waals surface area (Å²) in [5.41, 5.74) is 1.03. The van der Waals surface area contributed by atoms with Gasteiger partial charge in [-0.2, -0.15) is 11.8 Å². The van der Waals surface area contributed by atoms with E-state index in [0.29, 0.717) is 0 Å². The molecule has 0 radical (unpaired) electrons. The molecule has 1 N–H and O–H groups in total. The Morgan fingerprint density at radius 3 is 2.94 bits per heavy atom. The molecule has 0 saturated carbocycles. The summed E-state index contributed by atoms with van der Waals surface area (Å²) < 4.78 is 0. The number of hydrogen-bond donors (Lipinski definition) is 1. The molecule has 0 bridgehead atoms. The van der Waals surface area contributed by atoms with Gasteiger partial charge in [0.1, 0.15) is 5.82 Å². The molecular weight excluding hydrogens is 220 g/mol. The highest BCUT2D eigenvalue weighted by Crippen LogP contribution is 2.16. The Morgan fingerprint density at radius 1 is 1.38 bits per heavy atom. The van der Waals surface area contributed by atoms with Crippen molar-refractivity contribution in [2.24, 2.45) is 0 Å². The third kappa shape index (κ3) is 3.09. The van der Waals surface area contributed by atoms with Gasteiger partial charge in [-0.3, -0.25) is 4.98 Å². The van der Waals surface area contributed by atoms with Crippen LogP contribution in [0.4, 0.5) is 5.82 Å². The van der Waals surface area contributed by atoms with E-state index >= 15 is 0 Å². The minimum Gasteiger partial charge on any atom is -0.354 e. The molecule has 4 nitrogen and oxygen atoms in total. The lowest BCUT2D eigenvalue weighted by Gasteiger charge is -2.27. The van der Waals surface area contributed by atoms with Crippen LogP contribution in [0.2, 0.25) is 0 Å². The first-order valence-electron chi connectivity index (χ1n) is 5.74. The average Bonchev–Trinajstić information content (AvgIpc) is 2.38. The van der Waals surface area contributed by atoms with Crippen molar-refractivity contribution in [2.45, 2.75) is 13.5 Å². The Hall–Kier alpha value is -0.810. The molecular formula is C11H18N4S.